The lowest BCUT2D eigenvalue weighted by atomic mass is 10.0. The van der Waals surface area contributed by atoms with Crippen molar-refractivity contribution in [3.8, 4) is 0 Å². The Morgan fingerprint density at radius 3 is 2.21 bits per heavy atom. The SMILES string of the molecule is CC(C(=O)NCC(=O)O)c1ccccc1.NCCCC(N)C(=O)O. The third kappa shape index (κ3) is 9.54. The average molecular weight is 339 g/mol. The minimum Gasteiger partial charge on any atom is -0.480 e. The summed E-state index contributed by atoms with van der Waals surface area (Å²) >= 11 is 0. The standard InChI is InChI=1S/C11H13NO3.C5H12N2O2/c1-8(9-5-3-2-4-6-9)11(15)12-7-10(13)14;6-3-1-2-4(7)5(8)9/h2-6,8H,7H2,1H3,(H,12,15)(H,13,14);4H,1-3,6-7H2,(H,8,9). The summed E-state index contributed by atoms with van der Waals surface area (Å²) < 4.78 is 0. The molecule has 1 amide bonds. The lowest BCUT2D eigenvalue weighted by Gasteiger charge is -2.10. The van der Waals surface area contributed by atoms with Crippen molar-refractivity contribution in [3.05, 3.63) is 35.9 Å². The highest BCUT2D eigenvalue weighted by atomic mass is 16.4. The first-order valence-corrected chi connectivity index (χ1v) is 7.52. The van der Waals surface area contributed by atoms with Crippen LogP contribution in [0.1, 0.15) is 31.2 Å². The molecular formula is C16H25N3O5. The lowest BCUT2D eigenvalue weighted by molar-refractivity contribution is -0.139. The monoisotopic (exact) mass is 339 g/mol. The van der Waals surface area contributed by atoms with Crippen molar-refractivity contribution in [3.63, 3.8) is 0 Å². The van der Waals surface area contributed by atoms with Crippen molar-refractivity contribution < 1.29 is 24.6 Å². The number of aliphatic carboxylic acids is 2. The maximum Gasteiger partial charge on any atom is 0.322 e. The molecule has 0 aromatic heterocycles. The molecule has 0 radical (unpaired) electrons. The zero-order valence-corrected chi connectivity index (χ0v) is 13.6. The van der Waals surface area contributed by atoms with Crippen LogP contribution in [0.25, 0.3) is 0 Å². The molecule has 0 aliphatic rings. The van der Waals surface area contributed by atoms with Crippen molar-refractivity contribution >= 4 is 17.8 Å². The van der Waals surface area contributed by atoms with E-state index in [4.69, 9.17) is 21.7 Å². The van der Waals surface area contributed by atoms with Gasteiger partial charge in [-0.25, -0.2) is 0 Å². The number of nitrogens with one attached hydrogen (secondary N) is 1. The first-order chi connectivity index (χ1) is 11.3. The minimum absolute atomic E-state index is 0.274. The van der Waals surface area contributed by atoms with Gasteiger partial charge in [0.2, 0.25) is 5.91 Å². The second-order valence-corrected chi connectivity index (χ2v) is 5.12. The number of carboxylic acids is 2. The van der Waals surface area contributed by atoms with E-state index in [0.717, 1.165) is 5.56 Å². The smallest absolute Gasteiger partial charge is 0.322 e. The number of carboxylic acid groups (broad SMARTS) is 2. The average Bonchev–Trinajstić information content (AvgIpc) is 2.57. The highest BCUT2D eigenvalue weighted by Crippen LogP contribution is 2.13. The summed E-state index contributed by atoms with van der Waals surface area (Å²) in [5, 5.41) is 19.0. The van der Waals surface area contributed by atoms with E-state index in [1.54, 1.807) is 6.92 Å². The molecule has 24 heavy (non-hydrogen) atoms. The molecule has 0 aliphatic carbocycles. The molecule has 2 unspecified atom stereocenters. The molecule has 7 N–H and O–H groups in total. The van der Waals surface area contributed by atoms with Gasteiger partial charge in [0.05, 0.1) is 5.92 Å². The number of carbonyl (C=O) groups is 3. The van der Waals surface area contributed by atoms with Gasteiger partial charge in [-0.3, -0.25) is 14.4 Å². The van der Waals surface area contributed by atoms with E-state index in [9.17, 15) is 14.4 Å². The van der Waals surface area contributed by atoms with Gasteiger partial charge >= 0.3 is 11.9 Å². The molecule has 1 aromatic rings. The van der Waals surface area contributed by atoms with E-state index in [-0.39, 0.29) is 18.4 Å². The molecular weight excluding hydrogens is 314 g/mol. The molecule has 1 aromatic carbocycles. The summed E-state index contributed by atoms with van der Waals surface area (Å²) in [7, 11) is 0. The van der Waals surface area contributed by atoms with Gasteiger partial charge in [0.1, 0.15) is 12.6 Å². The van der Waals surface area contributed by atoms with Crippen molar-refractivity contribution in [2.75, 3.05) is 13.1 Å². The molecule has 0 heterocycles. The molecule has 0 bridgehead atoms. The number of nitrogens with two attached hydrogens (primary N) is 2. The van der Waals surface area contributed by atoms with Crippen LogP contribution in [0, 0.1) is 0 Å². The molecule has 134 valence electrons. The summed E-state index contributed by atoms with van der Waals surface area (Å²) in [5.41, 5.74) is 11.2. The second-order valence-electron chi connectivity index (χ2n) is 5.12. The zero-order valence-electron chi connectivity index (χ0n) is 13.6. The predicted molar refractivity (Wildman–Crippen MR) is 89.4 cm³/mol. The summed E-state index contributed by atoms with van der Waals surface area (Å²) in [6, 6.07) is 8.49. The summed E-state index contributed by atoms with van der Waals surface area (Å²) in [5.74, 6) is -2.60. The zero-order chi connectivity index (χ0) is 18.5. The van der Waals surface area contributed by atoms with E-state index in [2.05, 4.69) is 5.32 Å². The van der Waals surface area contributed by atoms with Gasteiger partial charge in [-0.2, -0.15) is 0 Å². The van der Waals surface area contributed by atoms with Crippen LogP contribution in [0.5, 0.6) is 0 Å². The molecule has 0 saturated carbocycles. The van der Waals surface area contributed by atoms with Crippen LogP contribution in [0.2, 0.25) is 0 Å². The van der Waals surface area contributed by atoms with Crippen LogP contribution in [0.4, 0.5) is 0 Å². The van der Waals surface area contributed by atoms with Crippen LogP contribution in [-0.2, 0) is 14.4 Å². The molecule has 2 atom stereocenters. The number of amides is 1. The van der Waals surface area contributed by atoms with E-state index in [1.165, 1.54) is 0 Å². The second kappa shape index (κ2) is 12.0. The van der Waals surface area contributed by atoms with Crippen LogP contribution >= 0.6 is 0 Å². The molecule has 0 aliphatic heterocycles. The Hall–Kier alpha value is -2.45. The van der Waals surface area contributed by atoms with Crippen LogP contribution in [0.3, 0.4) is 0 Å². The van der Waals surface area contributed by atoms with Crippen molar-refractivity contribution in [2.45, 2.75) is 31.7 Å². The number of rotatable bonds is 8. The van der Waals surface area contributed by atoms with Gasteiger partial charge in [-0.15, -0.1) is 0 Å². The van der Waals surface area contributed by atoms with E-state index in [1.807, 2.05) is 30.3 Å². The Morgan fingerprint density at radius 1 is 1.17 bits per heavy atom. The Morgan fingerprint density at radius 2 is 1.75 bits per heavy atom. The third-order valence-electron chi connectivity index (χ3n) is 3.14. The molecule has 0 fully saturated rings. The van der Waals surface area contributed by atoms with Gasteiger partial charge in [-0.05, 0) is 31.9 Å². The maximum atomic E-state index is 11.5. The maximum absolute atomic E-state index is 11.5. The highest BCUT2D eigenvalue weighted by Gasteiger charge is 2.14. The molecule has 8 heteroatoms. The van der Waals surface area contributed by atoms with Crippen molar-refractivity contribution in [2.24, 2.45) is 11.5 Å². The van der Waals surface area contributed by atoms with E-state index in [0.29, 0.717) is 19.4 Å². The van der Waals surface area contributed by atoms with E-state index < -0.39 is 18.0 Å². The first-order valence-electron chi connectivity index (χ1n) is 7.52. The number of hydrogen-bond acceptors (Lipinski definition) is 5. The van der Waals surface area contributed by atoms with Crippen LogP contribution < -0.4 is 16.8 Å². The highest BCUT2D eigenvalue weighted by molar-refractivity contribution is 5.86. The lowest BCUT2D eigenvalue weighted by Crippen LogP contribution is -2.32. The fourth-order valence-electron chi connectivity index (χ4n) is 1.67. The van der Waals surface area contributed by atoms with E-state index >= 15 is 0 Å². The Balaban J connectivity index is 0.000000506. The van der Waals surface area contributed by atoms with Gasteiger partial charge in [0, 0.05) is 0 Å². The fourth-order valence-corrected chi connectivity index (χ4v) is 1.67. The van der Waals surface area contributed by atoms with Crippen molar-refractivity contribution in [1.29, 1.82) is 0 Å². The number of benzene rings is 1. The van der Waals surface area contributed by atoms with Gasteiger partial charge in [0.15, 0.2) is 0 Å². The molecule has 8 nitrogen and oxygen atoms in total. The van der Waals surface area contributed by atoms with Crippen LogP contribution in [0.15, 0.2) is 30.3 Å². The number of hydrogen-bond donors (Lipinski definition) is 5. The predicted octanol–water partition coefficient (Wildman–Crippen LogP) is 0.128. The van der Waals surface area contributed by atoms with Crippen molar-refractivity contribution in [1.82, 2.24) is 5.32 Å². The van der Waals surface area contributed by atoms with Crippen LogP contribution in [-0.4, -0.2) is 47.2 Å². The Kier molecular flexibility index (Phi) is 10.8. The Bertz CT molecular complexity index is 522. The minimum atomic E-state index is -1.04. The summed E-state index contributed by atoms with van der Waals surface area (Å²) in [4.78, 5) is 31.8. The van der Waals surface area contributed by atoms with Gasteiger partial charge < -0.3 is 27.0 Å². The first kappa shape index (κ1) is 21.6. The topological polar surface area (TPSA) is 156 Å². The van der Waals surface area contributed by atoms with Gasteiger partial charge in [-0.1, -0.05) is 30.3 Å². The molecule has 0 spiro atoms. The number of carbonyl (C=O) groups excluding carboxylic acids is 1. The summed E-state index contributed by atoms with van der Waals surface area (Å²) in [6.45, 7) is 1.91. The largest absolute Gasteiger partial charge is 0.480 e. The fraction of sp³-hybridized carbons (Fsp3) is 0.438. The Labute approximate surface area is 140 Å². The molecule has 1 rings (SSSR count). The summed E-state index contributed by atoms with van der Waals surface area (Å²) in [6.07, 6.45) is 1.14. The normalized spacial score (nSPS) is 12.3. The van der Waals surface area contributed by atoms with Gasteiger partial charge in [0.25, 0.3) is 0 Å². The quantitative estimate of drug-likeness (QED) is 0.450. The molecule has 0 saturated heterocycles. The third-order valence-corrected chi connectivity index (χ3v) is 3.14.